The van der Waals surface area contributed by atoms with Crippen molar-refractivity contribution in [3.05, 3.63) is 47.4 Å². The molecule has 0 bridgehead atoms. The van der Waals surface area contributed by atoms with Crippen LogP contribution in [0.4, 0.5) is 23.2 Å². The molecule has 33 heavy (non-hydrogen) atoms. The summed E-state index contributed by atoms with van der Waals surface area (Å²) in [7, 11) is 0. The second-order valence-electron chi connectivity index (χ2n) is 7.40. The lowest BCUT2D eigenvalue weighted by Gasteiger charge is -2.28. The summed E-state index contributed by atoms with van der Waals surface area (Å²) in [6.45, 7) is -0.289. The van der Waals surface area contributed by atoms with Crippen molar-refractivity contribution in [3.8, 4) is 11.6 Å². The number of carbonyl (C=O) groups excluding carboxylic acids is 2. The molecule has 12 heteroatoms. The molecule has 1 fully saturated rings. The minimum atomic E-state index is -4.84. The minimum absolute atomic E-state index is 0.0450. The number of nitrogens with zero attached hydrogens (tertiary/aromatic N) is 1. The lowest BCUT2D eigenvalue weighted by atomic mass is 9.85. The van der Waals surface area contributed by atoms with Crippen LogP contribution >= 0.6 is 11.6 Å². The summed E-state index contributed by atoms with van der Waals surface area (Å²) in [5.74, 6) is -2.04. The first-order chi connectivity index (χ1) is 15.6. The van der Waals surface area contributed by atoms with Gasteiger partial charge in [-0.05, 0) is 43.9 Å². The average Bonchev–Trinajstić information content (AvgIpc) is 2.75. The van der Waals surface area contributed by atoms with E-state index in [2.05, 4.69) is 20.4 Å². The van der Waals surface area contributed by atoms with Crippen molar-refractivity contribution < 1.29 is 36.6 Å². The van der Waals surface area contributed by atoms with Crippen LogP contribution in [-0.2, 0) is 9.59 Å². The van der Waals surface area contributed by atoms with Gasteiger partial charge in [-0.25, -0.2) is 9.37 Å². The van der Waals surface area contributed by atoms with Crippen molar-refractivity contribution >= 4 is 29.1 Å². The van der Waals surface area contributed by atoms with Gasteiger partial charge in [0.15, 0.2) is 6.61 Å². The van der Waals surface area contributed by atoms with Crippen LogP contribution in [0.5, 0.6) is 11.6 Å². The molecule has 0 unspecified atom stereocenters. The monoisotopic (exact) mass is 489 g/mol. The maximum atomic E-state index is 13.4. The Kier molecular flexibility index (Phi) is 7.96. The molecular formula is C21H20ClF4N3O4. The van der Waals surface area contributed by atoms with Gasteiger partial charge in [0.1, 0.15) is 11.6 Å². The van der Waals surface area contributed by atoms with Crippen molar-refractivity contribution in [1.29, 1.82) is 0 Å². The number of aromatic nitrogens is 1. The Hall–Kier alpha value is -3.08. The zero-order chi connectivity index (χ0) is 24.0. The van der Waals surface area contributed by atoms with E-state index in [4.69, 9.17) is 16.3 Å². The highest BCUT2D eigenvalue weighted by Gasteiger charge is 2.32. The van der Waals surface area contributed by atoms with Gasteiger partial charge in [-0.1, -0.05) is 11.6 Å². The Labute approximate surface area is 191 Å². The molecule has 0 spiro atoms. The number of nitrogens with one attached hydrogen (secondary N) is 2. The third-order valence-electron chi connectivity index (χ3n) is 4.95. The number of rotatable bonds is 7. The third-order valence-corrected chi connectivity index (χ3v) is 5.25. The molecule has 7 nitrogen and oxygen atoms in total. The normalized spacial score (nSPS) is 18.3. The summed E-state index contributed by atoms with van der Waals surface area (Å²) >= 11 is 5.59. The Morgan fingerprint density at radius 1 is 1.12 bits per heavy atom. The first-order valence-electron chi connectivity index (χ1n) is 9.99. The summed E-state index contributed by atoms with van der Waals surface area (Å²) in [6, 6.07) is 6.02. The maximum Gasteiger partial charge on any atom is 0.574 e. The second kappa shape index (κ2) is 10.7. The van der Waals surface area contributed by atoms with E-state index in [1.165, 1.54) is 18.2 Å². The smallest absolute Gasteiger partial charge is 0.484 e. The van der Waals surface area contributed by atoms with Gasteiger partial charge in [0.05, 0.1) is 16.9 Å². The van der Waals surface area contributed by atoms with Gasteiger partial charge < -0.3 is 20.1 Å². The lowest BCUT2D eigenvalue weighted by Crippen LogP contribution is -2.41. The molecule has 2 amide bonds. The number of benzene rings is 1. The SMILES string of the molecule is O=C(COc1ccc(Cl)c(F)c1)NC1CCC(C(=O)Nc2ccc(OC(F)(F)F)nc2)CC1. The lowest BCUT2D eigenvalue weighted by molar-refractivity contribution is -0.276. The van der Waals surface area contributed by atoms with Crippen molar-refractivity contribution in [2.45, 2.75) is 38.1 Å². The fourth-order valence-corrected chi connectivity index (χ4v) is 3.48. The van der Waals surface area contributed by atoms with E-state index in [0.717, 1.165) is 18.3 Å². The van der Waals surface area contributed by atoms with Gasteiger partial charge in [0.25, 0.3) is 5.91 Å². The highest BCUT2D eigenvalue weighted by Crippen LogP contribution is 2.27. The van der Waals surface area contributed by atoms with E-state index in [9.17, 15) is 27.2 Å². The molecule has 1 heterocycles. The Morgan fingerprint density at radius 2 is 1.85 bits per heavy atom. The molecule has 3 rings (SSSR count). The zero-order valence-corrected chi connectivity index (χ0v) is 17.9. The quantitative estimate of drug-likeness (QED) is 0.560. The van der Waals surface area contributed by atoms with Crippen LogP contribution in [0.3, 0.4) is 0 Å². The molecule has 2 aromatic rings. The van der Waals surface area contributed by atoms with Gasteiger partial charge >= 0.3 is 6.36 Å². The highest BCUT2D eigenvalue weighted by molar-refractivity contribution is 6.30. The van der Waals surface area contributed by atoms with E-state index in [1.807, 2.05) is 0 Å². The Bertz CT molecular complexity index is 980. The minimum Gasteiger partial charge on any atom is -0.484 e. The molecule has 1 saturated carbocycles. The van der Waals surface area contributed by atoms with Crippen LogP contribution in [0.1, 0.15) is 25.7 Å². The van der Waals surface area contributed by atoms with Crippen LogP contribution in [-0.4, -0.2) is 35.8 Å². The number of anilines is 1. The topological polar surface area (TPSA) is 89.5 Å². The fourth-order valence-electron chi connectivity index (χ4n) is 3.36. The van der Waals surface area contributed by atoms with Crippen molar-refractivity contribution in [2.24, 2.45) is 5.92 Å². The van der Waals surface area contributed by atoms with Crippen LogP contribution in [0, 0.1) is 11.7 Å². The van der Waals surface area contributed by atoms with E-state index in [1.54, 1.807) is 0 Å². The number of ether oxygens (including phenoxy) is 2. The average molecular weight is 490 g/mol. The van der Waals surface area contributed by atoms with Gasteiger partial charge in [-0.15, -0.1) is 13.2 Å². The molecule has 1 aliphatic carbocycles. The summed E-state index contributed by atoms with van der Waals surface area (Å²) in [5, 5.41) is 5.39. The zero-order valence-electron chi connectivity index (χ0n) is 17.1. The third kappa shape index (κ3) is 7.77. The van der Waals surface area contributed by atoms with Gasteiger partial charge in [-0.2, -0.15) is 0 Å². The Balaban J connectivity index is 1.39. The highest BCUT2D eigenvalue weighted by atomic mass is 35.5. The molecule has 1 aliphatic rings. The fraction of sp³-hybridized carbons (Fsp3) is 0.381. The largest absolute Gasteiger partial charge is 0.574 e. The second-order valence-corrected chi connectivity index (χ2v) is 7.81. The van der Waals surface area contributed by atoms with Gasteiger partial charge in [-0.3, -0.25) is 9.59 Å². The van der Waals surface area contributed by atoms with Crippen molar-refractivity contribution in [1.82, 2.24) is 10.3 Å². The number of hydrogen-bond acceptors (Lipinski definition) is 5. The molecule has 2 N–H and O–H groups in total. The van der Waals surface area contributed by atoms with E-state index >= 15 is 0 Å². The molecule has 0 atom stereocenters. The number of alkyl halides is 3. The van der Waals surface area contributed by atoms with Gasteiger partial charge in [0, 0.05) is 24.1 Å². The first-order valence-corrected chi connectivity index (χ1v) is 10.4. The number of amides is 2. The summed E-state index contributed by atoms with van der Waals surface area (Å²) in [6.07, 6.45) is -1.60. The summed E-state index contributed by atoms with van der Waals surface area (Å²) < 4.78 is 58.8. The van der Waals surface area contributed by atoms with Crippen molar-refractivity contribution in [3.63, 3.8) is 0 Å². The standard InChI is InChI=1S/C21H20ClF4N3O4/c22-16-7-6-15(9-17(16)23)32-11-18(30)28-13-3-1-12(2-4-13)20(31)29-14-5-8-19(27-10-14)33-21(24,25)26/h5-10,12-13H,1-4,11H2,(H,28,30)(H,29,31). The van der Waals surface area contributed by atoms with Gasteiger partial charge in [0.2, 0.25) is 11.8 Å². The Morgan fingerprint density at radius 3 is 2.45 bits per heavy atom. The predicted octanol–water partition coefficient (Wildman–Crippen LogP) is 4.47. The molecule has 1 aromatic heterocycles. The molecular weight excluding hydrogens is 470 g/mol. The number of carbonyl (C=O) groups is 2. The van der Waals surface area contributed by atoms with E-state index in [-0.39, 0.29) is 46.8 Å². The summed E-state index contributed by atoms with van der Waals surface area (Å²) in [4.78, 5) is 28.0. The van der Waals surface area contributed by atoms with Crippen LogP contribution in [0.25, 0.3) is 0 Å². The van der Waals surface area contributed by atoms with E-state index in [0.29, 0.717) is 25.7 Å². The maximum absolute atomic E-state index is 13.4. The summed E-state index contributed by atoms with van der Waals surface area (Å²) in [5.41, 5.74) is 0.251. The number of halogens is 5. The number of hydrogen-bond donors (Lipinski definition) is 2. The van der Waals surface area contributed by atoms with Crippen LogP contribution in [0.2, 0.25) is 5.02 Å². The molecule has 1 aromatic carbocycles. The molecule has 0 saturated heterocycles. The first kappa shape index (κ1) is 24.6. The molecule has 178 valence electrons. The van der Waals surface area contributed by atoms with E-state index < -0.39 is 18.1 Å². The van der Waals surface area contributed by atoms with Crippen LogP contribution < -0.4 is 20.1 Å². The number of pyridine rings is 1. The predicted molar refractivity (Wildman–Crippen MR) is 110 cm³/mol. The van der Waals surface area contributed by atoms with Crippen LogP contribution in [0.15, 0.2) is 36.5 Å². The van der Waals surface area contributed by atoms with Crippen molar-refractivity contribution in [2.75, 3.05) is 11.9 Å². The molecule has 0 aliphatic heterocycles. The molecule has 0 radical (unpaired) electrons.